The van der Waals surface area contributed by atoms with Crippen LogP contribution >= 0.6 is 11.3 Å². The Morgan fingerprint density at radius 1 is 1.32 bits per heavy atom. The molecule has 0 aliphatic carbocycles. The fourth-order valence-corrected chi connectivity index (χ4v) is 4.18. The summed E-state index contributed by atoms with van der Waals surface area (Å²) in [6.45, 7) is 4.30. The van der Waals surface area contributed by atoms with Crippen molar-refractivity contribution in [1.29, 1.82) is 0 Å². The molecule has 0 bridgehead atoms. The van der Waals surface area contributed by atoms with Crippen molar-refractivity contribution in [2.24, 2.45) is 0 Å². The number of amides is 1. The number of carbonyl (C=O) groups excluding carboxylic acids is 1. The van der Waals surface area contributed by atoms with E-state index >= 15 is 0 Å². The predicted octanol–water partition coefficient (Wildman–Crippen LogP) is 2.55. The number of thiazole rings is 1. The number of ether oxygens (including phenoxy) is 1. The minimum absolute atomic E-state index is 0.00643. The van der Waals surface area contributed by atoms with Gasteiger partial charge in [-0.1, -0.05) is 30.3 Å². The van der Waals surface area contributed by atoms with E-state index in [9.17, 15) is 4.79 Å². The van der Waals surface area contributed by atoms with Gasteiger partial charge in [0.2, 0.25) is 0 Å². The lowest BCUT2D eigenvalue weighted by atomic mass is 9.91. The number of nitrogens with one attached hydrogen (secondary N) is 2. The molecule has 0 unspecified atom stereocenters. The highest BCUT2D eigenvalue weighted by molar-refractivity contribution is 7.12. The van der Waals surface area contributed by atoms with Crippen molar-refractivity contribution >= 4 is 17.2 Å². The summed E-state index contributed by atoms with van der Waals surface area (Å²) in [5.41, 5.74) is 1.50. The molecule has 2 aromatic rings. The third kappa shape index (κ3) is 4.08. The summed E-state index contributed by atoms with van der Waals surface area (Å²) in [7, 11) is 1.63. The third-order valence-corrected chi connectivity index (χ3v) is 5.76. The number of rotatable bonds is 6. The van der Waals surface area contributed by atoms with Crippen LogP contribution < -0.4 is 10.6 Å². The summed E-state index contributed by atoms with van der Waals surface area (Å²) >= 11 is 1.70. The highest BCUT2D eigenvalue weighted by Gasteiger charge is 2.39. The van der Waals surface area contributed by atoms with Crippen molar-refractivity contribution in [2.45, 2.75) is 31.8 Å². The molecule has 2 heterocycles. The van der Waals surface area contributed by atoms with E-state index in [-0.39, 0.29) is 5.91 Å². The lowest BCUT2D eigenvalue weighted by Gasteiger charge is -2.34. The van der Waals surface area contributed by atoms with E-state index in [1.807, 2.05) is 18.2 Å². The van der Waals surface area contributed by atoms with Gasteiger partial charge in [0, 0.05) is 30.5 Å². The normalized spacial score (nSPS) is 16.6. The second kappa shape index (κ2) is 8.08. The van der Waals surface area contributed by atoms with Crippen LogP contribution in [0.5, 0.6) is 0 Å². The molecule has 1 aromatic heterocycles. The molecule has 2 N–H and O–H groups in total. The smallest absolute Gasteiger partial charge is 0.252 e. The average Bonchev–Trinajstić information content (AvgIpc) is 3.03. The third-order valence-electron chi connectivity index (χ3n) is 4.73. The Labute approximate surface area is 152 Å². The lowest BCUT2D eigenvalue weighted by molar-refractivity contribution is -0.146. The van der Waals surface area contributed by atoms with Gasteiger partial charge in [0.15, 0.2) is 0 Å². The van der Waals surface area contributed by atoms with Gasteiger partial charge in [-0.15, -0.1) is 11.3 Å². The zero-order valence-electron chi connectivity index (χ0n) is 14.8. The van der Waals surface area contributed by atoms with Crippen molar-refractivity contribution in [3.05, 3.63) is 40.2 Å². The van der Waals surface area contributed by atoms with E-state index in [1.165, 1.54) is 4.88 Å². The Morgan fingerprint density at radius 2 is 2.04 bits per heavy atom. The van der Waals surface area contributed by atoms with Crippen molar-refractivity contribution in [1.82, 2.24) is 15.6 Å². The first-order valence-electron chi connectivity index (χ1n) is 8.70. The Morgan fingerprint density at radius 3 is 2.72 bits per heavy atom. The molecule has 0 atom stereocenters. The molecule has 0 radical (unpaired) electrons. The summed E-state index contributed by atoms with van der Waals surface area (Å²) in [5.74, 6) is -0.00643. The van der Waals surface area contributed by atoms with Gasteiger partial charge < -0.3 is 15.4 Å². The number of nitrogens with zero attached hydrogens (tertiary/aromatic N) is 1. The molecule has 1 saturated heterocycles. The summed E-state index contributed by atoms with van der Waals surface area (Å²) in [4.78, 5) is 18.5. The number of aromatic nitrogens is 1. The molecule has 1 aliphatic heterocycles. The second-order valence-electron chi connectivity index (χ2n) is 6.33. The topological polar surface area (TPSA) is 63.2 Å². The van der Waals surface area contributed by atoms with Crippen LogP contribution in [0.25, 0.3) is 11.3 Å². The van der Waals surface area contributed by atoms with Crippen LogP contribution in [0.2, 0.25) is 0 Å². The van der Waals surface area contributed by atoms with E-state index in [0.29, 0.717) is 19.4 Å². The second-order valence-corrected chi connectivity index (χ2v) is 7.62. The van der Waals surface area contributed by atoms with Gasteiger partial charge in [0.25, 0.3) is 5.91 Å². The van der Waals surface area contributed by atoms with Crippen LogP contribution in [0.4, 0.5) is 0 Å². The van der Waals surface area contributed by atoms with E-state index in [2.05, 4.69) is 29.7 Å². The summed E-state index contributed by atoms with van der Waals surface area (Å²) in [6, 6.07) is 10.2. The Hall–Kier alpha value is -1.76. The zero-order chi connectivity index (χ0) is 17.7. The maximum Gasteiger partial charge on any atom is 0.252 e. The molecular formula is C19H25N3O2S. The fraction of sp³-hybridized carbons (Fsp3) is 0.474. The lowest BCUT2D eigenvalue weighted by Crippen LogP contribution is -2.54. The van der Waals surface area contributed by atoms with Crippen LogP contribution in [0.1, 0.15) is 22.7 Å². The first-order valence-corrected chi connectivity index (χ1v) is 9.52. The molecular weight excluding hydrogens is 334 g/mol. The average molecular weight is 359 g/mol. The van der Waals surface area contributed by atoms with Crippen LogP contribution in [0.3, 0.4) is 0 Å². The molecule has 0 saturated carbocycles. The van der Waals surface area contributed by atoms with E-state index in [0.717, 1.165) is 35.8 Å². The van der Waals surface area contributed by atoms with Gasteiger partial charge in [-0.05, 0) is 32.9 Å². The quantitative estimate of drug-likeness (QED) is 0.832. The van der Waals surface area contributed by atoms with Crippen LogP contribution in [0.15, 0.2) is 30.3 Å². The number of carbonyl (C=O) groups is 1. The first-order chi connectivity index (χ1) is 12.1. The molecule has 25 heavy (non-hydrogen) atoms. The van der Waals surface area contributed by atoms with E-state index < -0.39 is 5.60 Å². The zero-order valence-corrected chi connectivity index (χ0v) is 15.6. The number of aryl methyl sites for hydroxylation is 1. The molecule has 0 spiro atoms. The molecule has 134 valence electrons. The number of hydrogen-bond acceptors (Lipinski definition) is 5. The van der Waals surface area contributed by atoms with Crippen molar-refractivity contribution in [2.75, 3.05) is 26.7 Å². The van der Waals surface area contributed by atoms with E-state index in [4.69, 9.17) is 9.72 Å². The maximum atomic E-state index is 12.6. The van der Waals surface area contributed by atoms with Gasteiger partial charge in [0.05, 0.1) is 10.7 Å². The van der Waals surface area contributed by atoms with Crippen molar-refractivity contribution in [3.8, 4) is 11.3 Å². The summed E-state index contributed by atoms with van der Waals surface area (Å²) < 4.78 is 5.56. The van der Waals surface area contributed by atoms with Crippen molar-refractivity contribution in [3.63, 3.8) is 0 Å². The molecule has 1 aliphatic rings. The number of methoxy groups -OCH3 is 1. The van der Waals surface area contributed by atoms with Gasteiger partial charge in [-0.3, -0.25) is 4.79 Å². The number of hydrogen-bond donors (Lipinski definition) is 2. The highest BCUT2D eigenvalue weighted by Crippen LogP contribution is 2.27. The minimum atomic E-state index is -0.681. The molecule has 3 rings (SSSR count). The Kier molecular flexibility index (Phi) is 5.83. The Balaban J connectivity index is 1.58. The van der Waals surface area contributed by atoms with Gasteiger partial charge >= 0.3 is 0 Å². The van der Waals surface area contributed by atoms with Crippen LogP contribution in [-0.4, -0.2) is 43.2 Å². The fourth-order valence-electron chi connectivity index (χ4n) is 3.22. The van der Waals surface area contributed by atoms with Gasteiger partial charge in [-0.25, -0.2) is 4.98 Å². The molecule has 6 heteroatoms. The van der Waals surface area contributed by atoms with Crippen LogP contribution in [-0.2, 0) is 16.0 Å². The standard InChI is InChI=1S/C19H25N3O2S/c1-14-17(15-6-4-3-5-7-15)22-16(25-14)8-11-21-18(23)19(24-2)9-12-20-13-10-19/h3-7,20H,8-13H2,1-2H3,(H,21,23). The van der Waals surface area contributed by atoms with Gasteiger partial charge in [-0.2, -0.15) is 0 Å². The molecule has 5 nitrogen and oxygen atoms in total. The number of benzene rings is 1. The highest BCUT2D eigenvalue weighted by atomic mass is 32.1. The summed E-state index contributed by atoms with van der Waals surface area (Å²) in [6.07, 6.45) is 2.16. The minimum Gasteiger partial charge on any atom is -0.368 e. The predicted molar refractivity (Wildman–Crippen MR) is 101 cm³/mol. The van der Waals surface area contributed by atoms with Gasteiger partial charge in [0.1, 0.15) is 5.60 Å². The molecule has 1 aromatic carbocycles. The molecule has 1 fully saturated rings. The SMILES string of the molecule is COC1(C(=O)NCCc2nc(-c3ccccc3)c(C)s2)CCNCC1. The molecule has 1 amide bonds. The first kappa shape index (κ1) is 18.0. The largest absolute Gasteiger partial charge is 0.368 e. The number of piperidine rings is 1. The van der Waals surface area contributed by atoms with E-state index in [1.54, 1.807) is 18.4 Å². The van der Waals surface area contributed by atoms with Crippen LogP contribution in [0, 0.1) is 6.92 Å². The maximum absolute atomic E-state index is 12.6. The Bertz CT molecular complexity index is 709. The monoisotopic (exact) mass is 359 g/mol. The van der Waals surface area contributed by atoms with Crippen molar-refractivity contribution < 1.29 is 9.53 Å². The summed E-state index contributed by atoms with van der Waals surface area (Å²) in [5, 5.41) is 7.35.